The van der Waals surface area contributed by atoms with E-state index in [9.17, 15) is 18.3 Å². The maximum atomic E-state index is 12.7. The zero-order valence-corrected chi connectivity index (χ0v) is 10.4. The Hall–Kier alpha value is -1.07. The summed E-state index contributed by atoms with van der Waals surface area (Å²) in [5.74, 6) is 0. The predicted molar refractivity (Wildman–Crippen MR) is 62.2 cm³/mol. The van der Waals surface area contributed by atoms with Crippen LogP contribution in [0.15, 0.2) is 24.3 Å². The molecule has 0 saturated carbocycles. The highest BCUT2D eigenvalue weighted by Crippen LogP contribution is 2.32. The molecule has 0 spiro atoms. The second-order valence-corrected chi connectivity index (χ2v) is 4.39. The average Bonchev–Trinajstić information content (AvgIpc) is 2.25. The van der Waals surface area contributed by atoms with Gasteiger partial charge in [-0.2, -0.15) is 13.2 Å². The first-order valence-corrected chi connectivity index (χ1v) is 5.75. The van der Waals surface area contributed by atoms with E-state index in [0.717, 1.165) is 6.07 Å². The van der Waals surface area contributed by atoms with Gasteiger partial charge in [0.1, 0.15) is 0 Å². The fourth-order valence-corrected chi connectivity index (χ4v) is 1.59. The van der Waals surface area contributed by atoms with Crippen molar-refractivity contribution in [1.82, 2.24) is 0 Å². The van der Waals surface area contributed by atoms with Crippen LogP contribution in [-0.4, -0.2) is 23.9 Å². The first-order valence-electron chi connectivity index (χ1n) is 5.75. The van der Waals surface area contributed by atoms with Gasteiger partial charge in [-0.1, -0.05) is 18.2 Å². The molecule has 2 nitrogen and oxygen atoms in total. The number of ether oxygens (including phenoxy) is 1. The summed E-state index contributed by atoms with van der Waals surface area (Å²) >= 11 is 0. The first-order chi connectivity index (χ1) is 8.30. The van der Waals surface area contributed by atoms with Crippen LogP contribution in [0.3, 0.4) is 0 Å². The minimum atomic E-state index is -4.39. The molecule has 18 heavy (non-hydrogen) atoms. The molecule has 0 saturated heterocycles. The zero-order valence-electron chi connectivity index (χ0n) is 10.4. The highest BCUT2D eigenvalue weighted by molar-refractivity contribution is 5.30. The summed E-state index contributed by atoms with van der Waals surface area (Å²) in [4.78, 5) is 0. The van der Waals surface area contributed by atoms with Crippen molar-refractivity contribution in [2.45, 2.75) is 38.7 Å². The topological polar surface area (TPSA) is 29.5 Å². The van der Waals surface area contributed by atoms with Crippen molar-refractivity contribution >= 4 is 0 Å². The SMILES string of the molecule is CC(C)OCC(O)Cc1ccccc1C(F)(F)F. The van der Waals surface area contributed by atoms with Gasteiger partial charge in [-0.05, 0) is 25.5 Å². The number of aliphatic hydroxyl groups is 1. The number of benzene rings is 1. The maximum Gasteiger partial charge on any atom is 0.416 e. The molecule has 1 atom stereocenters. The Morgan fingerprint density at radius 2 is 1.83 bits per heavy atom. The molecule has 1 aromatic carbocycles. The molecule has 5 heteroatoms. The Morgan fingerprint density at radius 1 is 1.22 bits per heavy atom. The second-order valence-electron chi connectivity index (χ2n) is 4.39. The molecule has 1 rings (SSSR count). The standard InChI is InChI=1S/C13H17F3O2/c1-9(2)18-8-11(17)7-10-5-3-4-6-12(10)13(14,15)16/h3-6,9,11,17H,7-8H2,1-2H3. The van der Waals surface area contributed by atoms with E-state index < -0.39 is 17.8 Å². The molecule has 0 aliphatic rings. The number of halogens is 3. The van der Waals surface area contributed by atoms with Gasteiger partial charge in [0.05, 0.1) is 24.4 Å². The molecular weight excluding hydrogens is 245 g/mol. The van der Waals surface area contributed by atoms with Crippen molar-refractivity contribution in [3.63, 3.8) is 0 Å². The molecule has 102 valence electrons. The normalized spacial score (nSPS) is 13.9. The lowest BCUT2D eigenvalue weighted by Gasteiger charge is -2.17. The van der Waals surface area contributed by atoms with Crippen LogP contribution in [0.4, 0.5) is 13.2 Å². The molecule has 0 bridgehead atoms. The summed E-state index contributed by atoms with van der Waals surface area (Å²) in [6.45, 7) is 3.64. The summed E-state index contributed by atoms with van der Waals surface area (Å²) < 4.78 is 43.3. The lowest BCUT2D eigenvalue weighted by molar-refractivity contribution is -0.138. The molecule has 0 aliphatic carbocycles. The number of alkyl halides is 3. The van der Waals surface area contributed by atoms with Crippen LogP contribution in [0, 0.1) is 0 Å². The largest absolute Gasteiger partial charge is 0.416 e. The smallest absolute Gasteiger partial charge is 0.390 e. The molecule has 0 radical (unpaired) electrons. The number of aliphatic hydroxyl groups excluding tert-OH is 1. The lowest BCUT2D eigenvalue weighted by atomic mass is 10.0. The van der Waals surface area contributed by atoms with Crippen molar-refractivity contribution in [3.05, 3.63) is 35.4 Å². The zero-order chi connectivity index (χ0) is 13.8. The van der Waals surface area contributed by atoms with Crippen LogP contribution < -0.4 is 0 Å². The van der Waals surface area contributed by atoms with E-state index in [1.807, 2.05) is 0 Å². The van der Waals surface area contributed by atoms with Crippen molar-refractivity contribution in [2.75, 3.05) is 6.61 Å². The van der Waals surface area contributed by atoms with Gasteiger partial charge < -0.3 is 9.84 Å². The van der Waals surface area contributed by atoms with Gasteiger partial charge in [0, 0.05) is 6.42 Å². The van der Waals surface area contributed by atoms with Crippen LogP contribution in [0.5, 0.6) is 0 Å². The third-order valence-electron chi connectivity index (χ3n) is 2.40. The van der Waals surface area contributed by atoms with Gasteiger partial charge in [0.25, 0.3) is 0 Å². The fourth-order valence-electron chi connectivity index (χ4n) is 1.59. The molecule has 0 heterocycles. The fraction of sp³-hybridized carbons (Fsp3) is 0.538. The van der Waals surface area contributed by atoms with E-state index in [0.29, 0.717) is 0 Å². The molecule has 1 N–H and O–H groups in total. The number of hydrogen-bond acceptors (Lipinski definition) is 2. The van der Waals surface area contributed by atoms with Gasteiger partial charge in [0.15, 0.2) is 0 Å². The van der Waals surface area contributed by atoms with Crippen LogP contribution in [0.25, 0.3) is 0 Å². The molecule has 1 aromatic rings. The van der Waals surface area contributed by atoms with E-state index in [-0.39, 0.29) is 24.7 Å². The van der Waals surface area contributed by atoms with Gasteiger partial charge in [-0.25, -0.2) is 0 Å². The van der Waals surface area contributed by atoms with Crippen LogP contribution in [-0.2, 0) is 17.3 Å². The maximum absolute atomic E-state index is 12.7. The molecule has 0 aromatic heterocycles. The highest BCUT2D eigenvalue weighted by atomic mass is 19.4. The molecule has 0 aliphatic heterocycles. The molecule has 1 unspecified atom stereocenters. The van der Waals surface area contributed by atoms with E-state index in [1.54, 1.807) is 13.8 Å². The van der Waals surface area contributed by atoms with E-state index in [2.05, 4.69) is 0 Å². The lowest BCUT2D eigenvalue weighted by Crippen LogP contribution is -2.22. The average molecular weight is 262 g/mol. The Kier molecular flexibility index (Phi) is 5.16. The van der Waals surface area contributed by atoms with Gasteiger partial charge in [0.2, 0.25) is 0 Å². The van der Waals surface area contributed by atoms with Crippen molar-refractivity contribution < 1.29 is 23.0 Å². The van der Waals surface area contributed by atoms with Crippen LogP contribution >= 0.6 is 0 Å². The highest BCUT2D eigenvalue weighted by Gasteiger charge is 2.33. The van der Waals surface area contributed by atoms with Crippen molar-refractivity contribution in [1.29, 1.82) is 0 Å². The Bertz CT molecular complexity index is 375. The van der Waals surface area contributed by atoms with Gasteiger partial charge in [-0.15, -0.1) is 0 Å². The first kappa shape index (κ1) is 15.0. The predicted octanol–water partition coefficient (Wildman–Crippen LogP) is 3.03. The van der Waals surface area contributed by atoms with Crippen LogP contribution in [0.1, 0.15) is 25.0 Å². The third-order valence-corrected chi connectivity index (χ3v) is 2.40. The summed E-state index contributed by atoms with van der Waals surface area (Å²) in [6, 6.07) is 5.26. The van der Waals surface area contributed by atoms with E-state index in [4.69, 9.17) is 4.74 Å². The Balaban J connectivity index is 2.72. The minimum Gasteiger partial charge on any atom is -0.390 e. The summed E-state index contributed by atoms with van der Waals surface area (Å²) in [7, 11) is 0. The Morgan fingerprint density at radius 3 is 2.39 bits per heavy atom. The summed E-state index contributed by atoms with van der Waals surface area (Å²) in [6.07, 6.45) is -5.45. The molecule has 0 amide bonds. The second kappa shape index (κ2) is 6.20. The minimum absolute atomic E-state index is 0.0316. The van der Waals surface area contributed by atoms with Crippen molar-refractivity contribution in [3.8, 4) is 0 Å². The molecule has 0 fully saturated rings. The number of hydrogen-bond donors (Lipinski definition) is 1. The van der Waals surface area contributed by atoms with E-state index >= 15 is 0 Å². The summed E-state index contributed by atoms with van der Waals surface area (Å²) in [5, 5.41) is 9.65. The monoisotopic (exact) mass is 262 g/mol. The Labute approximate surface area is 104 Å². The quantitative estimate of drug-likeness (QED) is 0.883. The van der Waals surface area contributed by atoms with E-state index in [1.165, 1.54) is 18.2 Å². The van der Waals surface area contributed by atoms with Gasteiger partial charge in [-0.3, -0.25) is 0 Å². The van der Waals surface area contributed by atoms with Gasteiger partial charge >= 0.3 is 6.18 Å². The summed E-state index contributed by atoms with van der Waals surface area (Å²) in [5.41, 5.74) is -0.613. The third kappa shape index (κ3) is 4.66. The molecular formula is C13H17F3O2. The number of rotatable bonds is 5. The van der Waals surface area contributed by atoms with Crippen LogP contribution in [0.2, 0.25) is 0 Å². The van der Waals surface area contributed by atoms with Crippen molar-refractivity contribution in [2.24, 2.45) is 0 Å².